The number of likely N-dealkylation sites (N-methyl/N-ethyl adjacent to an activating group) is 1. The number of aromatic nitrogens is 4. The Hall–Kier alpha value is -6.52. The number of hydrogen-bond donors (Lipinski definition) is 0. The van der Waals surface area contributed by atoms with Crippen LogP contribution < -0.4 is 0 Å². The number of esters is 2. The fourth-order valence-electron chi connectivity index (χ4n) is 7.27. The van der Waals surface area contributed by atoms with Crippen LogP contribution in [0.1, 0.15) is 36.1 Å². The predicted molar refractivity (Wildman–Crippen MR) is 203 cm³/mol. The molecular formula is C43H39N6O4+. The van der Waals surface area contributed by atoms with E-state index in [0.29, 0.717) is 22.8 Å². The molecule has 6 aromatic rings. The van der Waals surface area contributed by atoms with Crippen molar-refractivity contribution in [3.05, 3.63) is 167 Å². The van der Waals surface area contributed by atoms with Crippen LogP contribution in [0.15, 0.2) is 150 Å². The van der Waals surface area contributed by atoms with E-state index in [4.69, 9.17) is 24.9 Å². The predicted octanol–water partition coefficient (Wildman–Crippen LogP) is 7.13. The molecule has 5 aromatic carbocycles. The molecule has 264 valence electrons. The summed E-state index contributed by atoms with van der Waals surface area (Å²) in [7, 11) is 3.12. The summed E-state index contributed by atoms with van der Waals surface area (Å²) in [6, 6.07) is 46.4. The summed E-state index contributed by atoms with van der Waals surface area (Å²) in [5.74, 6) is -0.476. The summed E-state index contributed by atoms with van der Waals surface area (Å²) >= 11 is 0. The first-order valence-electron chi connectivity index (χ1n) is 17.4. The summed E-state index contributed by atoms with van der Waals surface area (Å²) in [4.78, 5) is 27.4. The van der Waals surface area contributed by atoms with E-state index in [1.165, 1.54) is 7.11 Å². The summed E-state index contributed by atoms with van der Waals surface area (Å²) in [6.45, 7) is 3.66. The van der Waals surface area contributed by atoms with Crippen molar-refractivity contribution in [3.63, 3.8) is 0 Å². The zero-order valence-corrected chi connectivity index (χ0v) is 30.0. The second kappa shape index (κ2) is 14.6. The van der Waals surface area contributed by atoms with Gasteiger partial charge in [-0.1, -0.05) is 132 Å². The van der Waals surface area contributed by atoms with Gasteiger partial charge in [0.25, 0.3) is 0 Å². The van der Waals surface area contributed by atoms with Crippen LogP contribution in [0.2, 0.25) is 0 Å². The average Bonchev–Trinajstić information content (AvgIpc) is 3.78. The van der Waals surface area contributed by atoms with E-state index in [2.05, 4.69) is 41.5 Å². The number of quaternary nitrogens is 1. The van der Waals surface area contributed by atoms with Gasteiger partial charge in [-0.15, -0.1) is 15.0 Å². The third-order valence-corrected chi connectivity index (χ3v) is 9.51. The first kappa shape index (κ1) is 34.9. The molecule has 1 aliphatic rings. The van der Waals surface area contributed by atoms with Crippen LogP contribution in [0.4, 0.5) is 0 Å². The molecule has 1 aliphatic heterocycles. The number of ether oxygens (including phenoxy) is 2. The van der Waals surface area contributed by atoms with E-state index in [1.807, 2.05) is 103 Å². The molecule has 0 radical (unpaired) electrons. The highest BCUT2D eigenvalue weighted by atomic mass is 16.5. The summed E-state index contributed by atoms with van der Waals surface area (Å²) in [5, 5.41) is 19.3. The Balaban J connectivity index is 1.32. The number of carbonyl (C=O) groups excluding carboxylic acids is 2. The molecule has 0 aliphatic carbocycles. The molecule has 10 heteroatoms. The maximum atomic E-state index is 13.0. The molecule has 53 heavy (non-hydrogen) atoms. The van der Waals surface area contributed by atoms with E-state index >= 15 is 0 Å². The van der Waals surface area contributed by atoms with Crippen LogP contribution in [-0.4, -0.2) is 69.8 Å². The number of rotatable bonds is 11. The highest BCUT2D eigenvalue weighted by Crippen LogP contribution is 2.41. The number of nitrogens with zero attached hydrogens (tertiary/aromatic N) is 6. The lowest BCUT2D eigenvalue weighted by atomic mass is 9.77. The molecule has 0 fully saturated rings. The van der Waals surface area contributed by atoms with Crippen molar-refractivity contribution in [1.82, 2.24) is 20.2 Å². The lowest BCUT2D eigenvalue weighted by molar-refractivity contribution is -0.836. The Kier molecular flexibility index (Phi) is 9.62. The van der Waals surface area contributed by atoms with Gasteiger partial charge in [0, 0.05) is 11.1 Å². The van der Waals surface area contributed by atoms with Crippen molar-refractivity contribution < 1.29 is 23.7 Å². The third-order valence-electron chi connectivity index (χ3n) is 9.51. The zero-order chi connectivity index (χ0) is 37.0. The van der Waals surface area contributed by atoms with Gasteiger partial charge >= 0.3 is 11.9 Å². The topological polar surface area (TPSA) is 109 Å². The number of hydrogen-bond acceptors (Lipinski definition) is 8. The monoisotopic (exact) mass is 703 g/mol. The Bertz CT molecular complexity index is 2220. The van der Waals surface area contributed by atoms with Gasteiger partial charge in [0.2, 0.25) is 12.4 Å². The molecule has 0 N–H and O–H groups in total. The van der Waals surface area contributed by atoms with E-state index in [0.717, 1.165) is 38.9 Å². The SMILES string of the molecule is CCOC(=O)C[N+]1(C)N=C(C)C(C(=O)OC)=C1c1ccc(-c2ccccc2-c2nnn(C(c3ccccc3)(c3ccccc3)c3ccccc3)n2)cc1. The van der Waals surface area contributed by atoms with Crippen molar-refractivity contribution in [2.45, 2.75) is 19.4 Å². The highest BCUT2D eigenvalue weighted by molar-refractivity contribution is 6.24. The summed E-state index contributed by atoms with van der Waals surface area (Å²) < 4.78 is 10.2. The Morgan fingerprint density at radius 2 is 1.23 bits per heavy atom. The standard InChI is InChI=1S/C43H39N6O4/c1-5-53-38(50)29-49(3)40(39(30(2)46-49)42(51)52-4)32-27-25-31(26-28-32)36-23-15-16-24-37(36)41-44-47-48(45-41)43(33-17-9-6-10-18-33,34-19-11-7-12-20-34)35-21-13-8-14-22-35/h6-28H,5,29H2,1-4H3/q+1. The van der Waals surface area contributed by atoms with Crippen molar-refractivity contribution in [2.75, 3.05) is 27.3 Å². The van der Waals surface area contributed by atoms with Gasteiger partial charge in [-0.25, -0.2) is 9.59 Å². The normalized spacial score (nSPS) is 15.6. The van der Waals surface area contributed by atoms with Crippen LogP contribution in [-0.2, 0) is 24.6 Å². The number of methoxy groups -OCH3 is 1. The van der Waals surface area contributed by atoms with Gasteiger partial charge in [-0.3, -0.25) is 0 Å². The number of benzene rings is 5. The van der Waals surface area contributed by atoms with Crippen LogP contribution in [0.5, 0.6) is 0 Å². The Morgan fingerprint density at radius 3 is 1.75 bits per heavy atom. The van der Waals surface area contributed by atoms with Gasteiger partial charge in [-0.2, -0.15) is 4.59 Å². The number of carbonyl (C=O) groups is 2. The van der Waals surface area contributed by atoms with Gasteiger partial charge in [0.1, 0.15) is 11.3 Å². The molecule has 10 nitrogen and oxygen atoms in total. The average molecular weight is 704 g/mol. The van der Waals surface area contributed by atoms with E-state index in [1.54, 1.807) is 25.7 Å². The minimum absolute atomic E-state index is 0.0800. The molecule has 2 heterocycles. The van der Waals surface area contributed by atoms with Crippen molar-refractivity contribution in [1.29, 1.82) is 0 Å². The second-order valence-corrected chi connectivity index (χ2v) is 12.8. The third kappa shape index (κ3) is 6.34. The summed E-state index contributed by atoms with van der Waals surface area (Å²) in [5.41, 5.74) is 6.75. The lowest BCUT2D eigenvalue weighted by Crippen LogP contribution is -2.40. The van der Waals surface area contributed by atoms with Crippen LogP contribution in [0.3, 0.4) is 0 Å². The molecule has 1 atom stereocenters. The van der Waals surface area contributed by atoms with Gasteiger partial charge in [0.05, 0.1) is 20.8 Å². The Labute approximate surface area is 308 Å². The van der Waals surface area contributed by atoms with E-state index in [9.17, 15) is 9.59 Å². The van der Waals surface area contributed by atoms with Gasteiger partial charge in [-0.05, 0) is 59.0 Å². The van der Waals surface area contributed by atoms with Crippen molar-refractivity contribution in [2.24, 2.45) is 5.10 Å². The second-order valence-electron chi connectivity index (χ2n) is 12.8. The molecule has 0 bridgehead atoms. The smallest absolute Gasteiger partial charge is 0.364 e. The largest absolute Gasteiger partial charge is 0.465 e. The molecular weight excluding hydrogens is 665 g/mol. The van der Waals surface area contributed by atoms with Crippen LogP contribution in [0, 0.1) is 0 Å². The molecule has 0 saturated carbocycles. The van der Waals surface area contributed by atoms with E-state index in [-0.39, 0.29) is 17.7 Å². The van der Waals surface area contributed by atoms with E-state index < -0.39 is 17.5 Å². The lowest BCUT2D eigenvalue weighted by Gasteiger charge is -2.34. The first-order valence-corrected chi connectivity index (χ1v) is 17.4. The highest BCUT2D eigenvalue weighted by Gasteiger charge is 2.45. The molecule has 1 unspecified atom stereocenters. The summed E-state index contributed by atoms with van der Waals surface area (Å²) in [6.07, 6.45) is 0. The van der Waals surface area contributed by atoms with Crippen LogP contribution in [0.25, 0.3) is 28.2 Å². The fourth-order valence-corrected chi connectivity index (χ4v) is 7.27. The fraction of sp³-hybridized carbons (Fsp3) is 0.163. The molecule has 7 rings (SSSR count). The van der Waals surface area contributed by atoms with Gasteiger partial charge < -0.3 is 9.47 Å². The van der Waals surface area contributed by atoms with Gasteiger partial charge in [0.15, 0.2) is 11.2 Å². The van der Waals surface area contributed by atoms with Crippen molar-refractivity contribution in [3.8, 4) is 22.5 Å². The van der Waals surface area contributed by atoms with Crippen LogP contribution >= 0.6 is 0 Å². The maximum absolute atomic E-state index is 13.0. The molecule has 0 saturated heterocycles. The Morgan fingerprint density at radius 1 is 0.717 bits per heavy atom. The first-order chi connectivity index (χ1) is 25.8. The molecule has 0 spiro atoms. The minimum Gasteiger partial charge on any atom is -0.465 e. The molecule has 0 amide bonds. The maximum Gasteiger partial charge on any atom is 0.364 e. The zero-order valence-electron chi connectivity index (χ0n) is 30.0. The minimum atomic E-state index is -0.910. The quantitative estimate of drug-likeness (QED) is 0.0803. The molecule has 1 aromatic heterocycles. The number of tetrazole rings is 1. The van der Waals surface area contributed by atoms with Crippen molar-refractivity contribution >= 4 is 23.3 Å².